The fourth-order valence-electron chi connectivity index (χ4n) is 2.70. The van der Waals surface area contributed by atoms with Crippen molar-refractivity contribution in [2.24, 2.45) is 7.05 Å². The van der Waals surface area contributed by atoms with Crippen LogP contribution < -0.4 is 5.32 Å². The number of hydrogen-bond acceptors (Lipinski definition) is 3. The van der Waals surface area contributed by atoms with Gasteiger partial charge in [-0.05, 0) is 43.2 Å². The number of fused-ring (bicyclic) bond motifs is 1. The Labute approximate surface area is 128 Å². The Morgan fingerprint density at radius 2 is 2.14 bits per heavy atom. The summed E-state index contributed by atoms with van der Waals surface area (Å²) in [6.45, 7) is 0. The first-order valence-electron chi connectivity index (χ1n) is 7.41. The van der Waals surface area contributed by atoms with Crippen molar-refractivity contribution in [3.05, 3.63) is 54.1 Å². The van der Waals surface area contributed by atoms with Gasteiger partial charge in [-0.15, -0.1) is 0 Å². The van der Waals surface area contributed by atoms with Crippen molar-refractivity contribution >= 4 is 22.6 Å². The van der Waals surface area contributed by atoms with E-state index >= 15 is 0 Å². The van der Waals surface area contributed by atoms with E-state index in [4.69, 9.17) is 4.98 Å². The molecule has 0 aliphatic heterocycles. The molecule has 1 fully saturated rings. The monoisotopic (exact) mass is 292 g/mol. The maximum absolute atomic E-state index is 12.1. The van der Waals surface area contributed by atoms with Gasteiger partial charge in [0, 0.05) is 24.8 Å². The molecule has 1 aromatic carbocycles. The van der Waals surface area contributed by atoms with Crippen LogP contribution in [0.4, 0.5) is 5.69 Å². The van der Waals surface area contributed by atoms with Gasteiger partial charge in [0.1, 0.15) is 11.5 Å². The van der Waals surface area contributed by atoms with Crippen molar-refractivity contribution in [3.63, 3.8) is 0 Å². The van der Waals surface area contributed by atoms with Gasteiger partial charge >= 0.3 is 0 Å². The van der Waals surface area contributed by atoms with Crippen molar-refractivity contribution in [1.82, 2.24) is 14.5 Å². The molecule has 1 amide bonds. The standard InChI is InChI=1S/C17H16N4O/c1-21-15-8-7-12(10-14(15)20-16(21)11-5-6-11)19-17(22)13-4-2-3-9-18-13/h2-4,7-11H,5-6H2,1H3,(H,19,22). The summed E-state index contributed by atoms with van der Waals surface area (Å²) in [7, 11) is 2.05. The first-order valence-corrected chi connectivity index (χ1v) is 7.41. The lowest BCUT2D eigenvalue weighted by Gasteiger charge is -2.04. The van der Waals surface area contributed by atoms with E-state index in [-0.39, 0.29) is 5.91 Å². The molecule has 0 atom stereocenters. The topological polar surface area (TPSA) is 59.8 Å². The van der Waals surface area contributed by atoms with E-state index < -0.39 is 0 Å². The Morgan fingerprint density at radius 1 is 1.27 bits per heavy atom. The molecular formula is C17H16N4O. The van der Waals surface area contributed by atoms with Gasteiger partial charge in [0.15, 0.2) is 0 Å². The second kappa shape index (κ2) is 4.94. The lowest BCUT2D eigenvalue weighted by atomic mass is 10.2. The molecular weight excluding hydrogens is 276 g/mol. The number of aryl methyl sites for hydroxylation is 1. The molecule has 2 heterocycles. The fraction of sp³-hybridized carbons (Fsp3) is 0.235. The molecule has 5 heteroatoms. The van der Waals surface area contributed by atoms with Crippen LogP contribution in [0.15, 0.2) is 42.6 Å². The van der Waals surface area contributed by atoms with E-state index in [0.717, 1.165) is 22.5 Å². The number of carbonyl (C=O) groups is 1. The summed E-state index contributed by atoms with van der Waals surface area (Å²) < 4.78 is 2.15. The van der Waals surface area contributed by atoms with Crippen molar-refractivity contribution in [3.8, 4) is 0 Å². The van der Waals surface area contributed by atoms with Gasteiger partial charge in [-0.2, -0.15) is 0 Å². The van der Waals surface area contributed by atoms with Crippen LogP contribution in [0.1, 0.15) is 35.1 Å². The van der Waals surface area contributed by atoms with Crippen molar-refractivity contribution in [2.75, 3.05) is 5.32 Å². The van der Waals surface area contributed by atoms with E-state index in [1.165, 1.54) is 12.8 Å². The van der Waals surface area contributed by atoms with Crippen LogP contribution in [0.5, 0.6) is 0 Å². The third-order valence-corrected chi connectivity index (χ3v) is 4.01. The molecule has 0 unspecified atom stereocenters. The highest BCUT2D eigenvalue weighted by molar-refractivity contribution is 6.03. The van der Waals surface area contributed by atoms with E-state index in [1.54, 1.807) is 24.4 Å². The van der Waals surface area contributed by atoms with Gasteiger partial charge in [-0.25, -0.2) is 4.98 Å². The smallest absolute Gasteiger partial charge is 0.274 e. The van der Waals surface area contributed by atoms with E-state index in [2.05, 4.69) is 21.9 Å². The summed E-state index contributed by atoms with van der Waals surface area (Å²) in [5, 5.41) is 2.87. The van der Waals surface area contributed by atoms with Gasteiger partial charge in [0.05, 0.1) is 11.0 Å². The van der Waals surface area contributed by atoms with Gasteiger partial charge in [-0.1, -0.05) is 6.07 Å². The second-order valence-electron chi connectivity index (χ2n) is 5.68. The summed E-state index contributed by atoms with van der Waals surface area (Å²) in [5.41, 5.74) is 3.16. The Balaban J connectivity index is 1.64. The van der Waals surface area contributed by atoms with Crippen LogP contribution in [0.3, 0.4) is 0 Å². The average Bonchev–Trinajstić information content (AvgIpc) is 3.33. The number of carbonyl (C=O) groups excluding carboxylic acids is 1. The van der Waals surface area contributed by atoms with Gasteiger partial charge < -0.3 is 9.88 Å². The minimum Gasteiger partial charge on any atom is -0.331 e. The number of nitrogens with zero attached hydrogens (tertiary/aromatic N) is 3. The molecule has 1 aliphatic carbocycles. The first kappa shape index (κ1) is 13.0. The highest BCUT2D eigenvalue weighted by atomic mass is 16.1. The molecule has 3 aromatic rings. The number of pyridine rings is 1. The normalized spacial score (nSPS) is 14.2. The quantitative estimate of drug-likeness (QED) is 0.807. The van der Waals surface area contributed by atoms with Crippen LogP contribution in [-0.2, 0) is 7.05 Å². The predicted octanol–water partition coefficient (Wildman–Crippen LogP) is 3.10. The number of benzene rings is 1. The maximum atomic E-state index is 12.1. The van der Waals surface area contributed by atoms with Crippen LogP contribution in [-0.4, -0.2) is 20.4 Å². The molecule has 1 N–H and O–H groups in total. The first-order chi connectivity index (χ1) is 10.7. The summed E-state index contributed by atoms with van der Waals surface area (Å²) in [6.07, 6.45) is 4.06. The number of anilines is 1. The number of aromatic nitrogens is 3. The maximum Gasteiger partial charge on any atom is 0.274 e. The summed E-state index contributed by atoms with van der Waals surface area (Å²) in [5.74, 6) is 1.53. The molecule has 0 bridgehead atoms. The molecule has 2 aromatic heterocycles. The number of rotatable bonds is 3. The highest BCUT2D eigenvalue weighted by Crippen LogP contribution is 2.40. The second-order valence-corrected chi connectivity index (χ2v) is 5.68. The zero-order valence-electron chi connectivity index (χ0n) is 12.3. The Bertz CT molecular complexity index is 850. The Hall–Kier alpha value is -2.69. The SMILES string of the molecule is Cn1c(C2CC2)nc2cc(NC(=O)c3ccccn3)ccc21. The number of amides is 1. The van der Waals surface area contributed by atoms with Crippen LogP contribution in [0.25, 0.3) is 11.0 Å². The van der Waals surface area contributed by atoms with Crippen molar-refractivity contribution in [1.29, 1.82) is 0 Å². The number of nitrogens with one attached hydrogen (secondary N) is 1. The van der Waals surface area contributed by atoms with Crippen LogP contribution in [0.2, 0.25) is 0 Å². The largest absolute Gasteiger partial charge is 0.331 e. The van der Waals surface area contributed by atoms with Gasteiger partial charge in [-0.3, -0.25) is 9.78 Å². The van der Waals surface area contributed by atoms with Gasteiger partial charge in [0.25, 0.3) is 5.91 Å². The molecule has 4 rings (SSSR count). The third kappa shape index (κ3) is 2.24. The van der Waals surface area contributed by atoms with Crippen molar-refractivity contribution < 1.29 is 4.79 Å². The molecule has 110 valence electrons. The molecule has 5 nitrogen and oxygen atoms in total. The lowest BCUT2D eigenvalue weighted by molar-refractivity contribution is 0.102. The van der Waals surface area contributed by atoms with Gasteiger partial charge in [0.2, 0.25) is 0 Å². The highest BCUT2D eigenvalue weighted by Gasteiger charge is 2.28. The molecule has 0 radical (unpaired) electrons. The molecule has 1 aliphatic rings. The number of hydrogen-bond donors (Lipinski definition) is 1. The average molecular weight is 292 g/mol. The summed E-state index contributed by atoms with van der Waals surface area (Å²) in [6, 6.07) is 11.1. The number of imidazole rings is 1. The lowest BCUT2D eigenvalue weighted by Crippen LogP contribution is -2.13. The molecule has 22 heavy (non-hydrogen) atoms. The van der Waals surface area contributed by atoms with E-state index in [1.807, 2.05) is 18.2 Å². The molecule has 0 spiro atoms. The molecule has 1 saturated carbocycles. The summed E-state index contributed by atoms with van der Waals surface area (Å²) in [4.78, 5) is 20.9. The van der Waals surface area contributed by atoms with Crippen molar-refractivity contribution in [2.45, 2.75) is 18.8 Å². The zero-order valence-corrected chi connectivity index (χ0v) is 12.3. The van der Waals surface area contributed by atoms with E-state index in [0.29, 0.717) is 11.6 Å². The third-order valence-electron chi connectivity index (χ3n) is 4.01. The fourth-order valence-corrected chi connectivity index (χ4v) is 2.70. The zero-order chi connectivity index (χ0) is 15.1. The predicted molar refractivity (Wildman–Crippen MR) is 84.9 cm³/mol. The van der Waals surface area contributed by atoms with Crippen LogP contribution in [0, 0.1) is 0 Å². The Morgan fingerprint density at radius 3 is 2.86 bits per heavy atom. The van der Waals surface area contributed by atoms with E-state index in [9.17, 15) is 4.79 Å². The Kier molecular flexibility index (Phi) is 2.92. The van der Waals surface area contributed by atoms with Crippen LogP contribution >= 0.6 is 0 Å². The minimum absolute atomic E-state index is 0.210. The summed E-state index contributed by atoms with van der Waals surface area (Å²) >= 11 is 0. The minimum atomic E-state index is -0.210. The molecule has 0 saturated heterocycles.